The van der Waals surface area contributed by atoms with Crippen LogP contribution in [0.2, 0.25) is 10.0 Å². The quantitative estimate of drug-likeness (QED) is 0.437. The third-order valence-electron chi connectivity index (χ3n) is 4.76. The molecule has 0 spiro atoms. The molecule has 0 bridgehead atoms. The Morgan fingerprint density at radius 1 is 1.17 bits per heavy atom. The summed E-state index contributed by atoms with van der Waals surface area (Å²) < 4.78 is 37.5. The monoisotopic (exact) mass is 452 g/mol. The molecule has 29 heavy (non-hydrogen) atoms. The molecule has 10 heteroatoms. The summed E-state index contributed by atoms with van der Waals surface area (Å²) >= 11 is 11.9. The second-order valence-corrected chi connectivity index (χ2v) is 7.64. The maximum Gasteiger partial charge on any atom is 0.471 e. The molecule has 0 aliphatic carbocycles. The predicted octanol–water partition coefficient (Wildman–Crippen LogP) is 4.88. The Morgan fingerprint density at radius 2 is 1.83 bits per heavy atom. The third-order valence-corrected chi connectivity index (χ3v) is 5.49. The van der Waals surface area contributed by atoms with Gasteiger partial charge in [-0.15, -0.1) is 0 Å². The van der Waals surface area contributed by atoms with E-state index in [1.54, 1.807) is 18.2 Å². The second-order valence-electron chi connectivity index (χ2n) is 6.83. The molecule has 2 rings (SSSR count). The van der Waals surface area contributed by atoms with E-state index < -0.39 is 12.1 Å². The molecule has 1 aromatic rings. The number of alkyl halides is 3. The Balaban J connectivity index is 1.85. The molecule has 0 aromatic heterocycles. The lowest BCUT2D eigenvalue weighted by Crippen LogP contribution is -2.45. The van der Waals surface area contributed by atoms with Crippen molar-refractivity contribution in [3.05, 3.63) is 33.8 Å². The lowest BCUT2D eigenvalue weighted by molar-refractivity contribution is -0.186. The number of amides is 1. The maximum absolute atomic E-state index is 12.5. The van der Waals surface area contributed by atoms with Crippen molar-refractivity contribution in [1.82, 2.24) is 4.90 Å². The van der Waals surface area contributed by atoms with E-state index in [0.717, 1.165) is 4.90 Å². The highest BCUT2D eigenvalue weighted by Crippen LogP contribution is 2.27. The van der Waals surface area contributed by atoms with Crippen molar-refractivity contribution < 1.29 is 27.6 Å². The Kier molecular flexibility index (Phi) is 8.34. The third kappa shape index (κ3) is 6.89. The summed E-state index contributed by atoms with van der Waals surface area (Å²) in [6, 6.07) is 4.99. The first-order valence-corrected chi connectivity index (χ1v) is 9.80. The van der Waals surface area contributed by atoms with Crippen LogP contribution in [0, 0.1) is 5.92 Å². The van der Waals surface area contributed by atoms with E-state index in [4.69, 9.17) is 28.0 Å². The predicted molar refractivity (Wildman–Crippen MR) is 104 cm³/mol. The number of Topliss-reactive ketones (excluding diaryl/α,β-unsaturated/α-hetero) is 1. The highest BCUT2D eigenvalue weighted by molar-refractivity contribution is 6.42. The number of oxime groups is 1. The highest BCUT2D eigenvalue weighted by Gasteiger charge is 2.43. The van der Waals surface area contributed by atoms with Gasteiger partial charge in [0.05, 0.1) is 15.8 Å². The number of hydrogen-bond acceptors (Lipinski definition) is 4. The SMILES string of the molecule is CO/N=C(\CCC(=O)CC1CCN(C(=O)C(F)(F)F)CC1)c1ccc(Cl)c(Cl)c1. The normalized spacial score (nSPS) is 16.1. The highest BCUT2D eigenvalue weighted by atomic mass is 35.5. The Hall–Kier alpha value is -1.80. The number of hydrogen-bond donors (Lipinski definition) is 0. The molecule has 1 fully saturated rings. The van der Waals surface area contributed by atoms with E-state index in [0.29, 0.717) is 40.6 Å². The average Bonchev–Trinajstić information content (AvgIpc) is 2.66. The molecule has 1 aliphatic heterocycles. The Morgan fingerprint density at radius 3 is 2.38 bits per heavy atom. The fourth-order valence-corrected chi connectivity index (χ4v) is 3.53. The molecule has 0 unspecified atom stereocenters. The first-order valence-electron chi connectivity index (χ1n) is 9.05. The topological polar surface area (TPSA) is 59.0 Å². The fourth-order valence-electron chi connectivity index (χ4n) is 3.23. The molecule has 0 radical (unpaired) electrons. The van der Waals surface area contributed by atoms with E-state index in [1.807, 2.05) is 0 Å². The van der Waals surface area contributed by atoms with Gasteiger partial charge in [-0.05, 0) is 30.9 Å². The smallest absolute Gasteiger partial charge is 0.399 e. The molecule has 1 heterocycles. The summed E-state index contributed by atoms with van der Waals surface area (Å²) in [5.41, 5.74) is 1.23. The number of ketones is 1. The van der Waals surface area contributed by atoms with Crippen LogP contribution in [-0.2, 0) is 14.4 Å². The second kappa shape index (κ2) is 10.3. The molecule has 1 saturated heterocycles. The number of likely N-dealkylation sites (tertiary alicyclic amines) is 1. The zero-order valence-electron chi connectivity index (χ0n) is 15.8. The van der Waals surface area contributed by atoms with E-state index >= 15 is 0 Å². The number of piperidine rings is 1. The summed E-state index contributed by atoms with van der Waals surface area (Å²) in [5.74, 6) is -1.87. The summed E-state index contributed by atoms with van der Waals surface area (Å²) in [4.78, 5) is 29.2. The van der Waals surface area contributed by atoms with Gasteiger partial charge in [-0.3, -0.25) is 9.59 Å². The number of carbonyl (C=O) groups excluding carboxylic acids is 2. The van der Waals surface area contributed by atoms with Crippen LogP contribution >= 0.6 is 23.2 Å². The molecular weight excluding hydrogens is 432 g/mol. The standard InChI is InChI=1S/C19H21Cl2F3N2O3/c1-29-25-17(13-2-4-15(20)16(21)11-13)5-3-14(27)10-12-6-8-26(9-7-12)18(28)19(22,23)24/h2,4,11-12H,3,5-10H2,1H3/b25-17+. The zero-order chi connectivity index (χ0) is 21.6. The van der Waals surface area contributed by atoms with Crippen LogP contribution in [0.4, 0.5) is 13.2 Å². The summed E-state index contributed by atoms with van der Waals surface area (Å²) in [5, 5.41) is 4.71. The largest absolute Gasteiger partial charge is 0.471 e. The number of benzene rings is 1. The van der Waals surface area contributed by atoms with Crippen LogP contribution in [0.5, 0.6) is 0 Å². The van der Waals surface area contributed by atoms with Crippen molar-refractivity contribution in [3.63, 3.8) is 0 Å². The van der Waals surface area contributed by atoms with Crippen LogP contribution < -0.4 is 0 Å². The molecule has 1 aromatic carbocycles. The minimum absolute atomic E-state index is 0.00987. The summed E-state index contributed by atoms with van der Waals surface area (Å²) in [6.45, 7) is 0.0197. The van der Waals surface area contributed by atoms with Gasteiger partial charge in [0.2, 0.25) is 0 Å². The van der Waals surface area contributed by atoms with Crippen molar-refractivity contribution in [2.75, 3.05) is 20.2 Å². The van der Waals surface area contributed by atoms with Gasteiger partial charge in [0, 0.05) is 37.9 Å². The fraction of sp³-hybridized carbons (Fsp3) is 0.526. The van der Waals surface area contributed by atoms with Crippen LogP contribution in [0.1, 0.15) is 37.7 Å². The van der Waals surface area contributed by atoms with Crippen LogP contribution in [0.25, 0.3) is 0 Å². The van der Waals surface area contributed by atoms with E-state index in [9.17, 15) is 22.8 Å². The van der Waals surface area contributed by atoms with Crippen molar-refractivity contribution >= 4 is 40.6 Å². The van der Waals surface area contributed by atoms with Gasteiger partial charge < -0.3 is 9.74 Å². The average molecular weight is 453 g/mol. The summed E-state index contributed by atoms with van der Waals surface area (Å²) in [7, 11) is 1.40. The van der Waals surface area contributed by atoms with Gasteiger partial charge in [0.1, 0.15) is 12.9 Å². The van der Waals surface area contributed by atoms with Crippen molar-refractivity contribution in [1.29, 1.82) is 0 Å². The van der Waals surface area contributed by atoms with E-state index in [1.165, 1.54) is 7.11 Å². The van der Waals surface area contributed by atoms with E-state index in [-0.39, 0.29) is 37.6 Å². The lowest BCUT2D eigenvalue weighted by Gasteiger charge is -2.32. The number of nitrogens with zero attached hydrogens (tertiary/aromatic N) is 2. The van der Waals surface area contributed by atoms with Gasteiger partial charge in [-0.2, -0.15) is 13.2 Å². The minimum atomic E-state index is -4.86. The van der Waals surface area contributed by atoms with Gasteiger partial charge in [-0.1, -0.05) is 34.4 Å². The lowest BCUT2D eigenvalue weighted by atomic mass is 9.90. The first kappa shape index (κ1) is 23.5. The maximum atomic E-state index is 12.5. The molecular formula is C19H21Cl2F3N2O3. The Labute approximate surface area is 176 Å². The molecule has 0 atom stereocenters. The number of rotatable bonds is 7. The van der Waals surface area contributed by atoms with Crippen molar-refractivity contribution in [2.24, 2.45) is 11.1 Å². The first-order chi connectivity index (χ1) is 13.6. The molecule has 1 amide bonds. The molecule has 1 aliphatic rings. The minimum Gasteiger partial charge on any atom is -0.399 e. The number of halogens is 5. The van der Waals surface area contributed by atoms with Crippen molar-refractivity contribution in [2.45, 2.75) is 38.3 Å². The zero-order valence-corrected chi connectivity index (χ0v) is 17.3. The molecule has 0 saturated carbocycles. The van der Waals surface area contributed by atoms with E-state index in [2.05, 4.69) is 5.16 Å². The number of carbonyl (C=O) groups is 2. The van der Waals surface area contributed by atoms with Gasteiger partial charge in [0.15, 0.2) is 0 Å². The van der Waals surface area contributed by atoms with Crippen molar-refractivity contribution in [3.8, 4) is 0 Å². The molecule has 5 nitrogen and oxygen atoms in total. The van der Waals surface area contributed by atoms with Crippen LogP contribution in [0.15, 0.2) is 23.4 Å². The molecule has 160 valence electrons. The Bertz CT molecular complexity index is 776. The van der Waals surface area contributed by atoms with Crippen LogP contribution in [-0.4, -0.2) is 48.7 Å². The summed E-state index contributed by atoms with van der Waals surface area (Å²) in [6.07, 6.45) is -3.31. The molecule has 0 N–H and O–H groups in total. The van der Waals surface area contributed by atoms with Gasteiger partial charge >= 0.3 is 12.1 Å². The van der Waals surface area contributed by atoms with Gasteiger partial charge in [0.25, 0.3) is 0 Å². The van der Waals surface area contributed by atoms with Gasteiger partial charge in [-0.25, -0.2) is 0 Å². The van der Waals surface area contributed by atoms with Crippen LogP contribution in [0.3, 0.4) is 0 Å².